The second kappa shape index (κ2) is 7.05. The minimum atomic E-state index is -3.60. The molecule has 2 N–H and O–H groups in total. The van der Waals surface area contributed by atoms with E-state index in [0.29, 0.717) is 12.1 Å². The molecule has 25 heavy (non-hydrogen) atoms. The van der Waals surface area contributed by atoms with Gasteiger partial charge < -0.3 is 10.0 Å². The van der Waals surface area contributed by atoms with Crippen LogP contribution in [0.25, 0.3) is 0 Å². The van der Waals surface area contributed by atoms with Crippen LogP contribution in [-0.2, 0) is 10.0 Å². The second-order valence-corrected chi connectivity index (χ2v) is 8.89. The molecule has 1 aliphatic carbocycles. The van der Waals surface area contributed by atoms with Crippen molar-refractivity contribution in [2.24, 2.45) is 0 Å². The Morgan fingerprint density at radius 2 is 2.00 bits per heavy atom. The molecule has 0 radical (unpaired) electrons. The van der Waals surface area contributed by atoms with E-state index in [1.807, 2.05) is 0 Å². The van der Waals surface area contributed by atoms with Gasteiger partial charge in [0.25, 0.3) is 5.91 Å². The van der Waals surface area contributed by atoms with Crippen LogP contribution in [0.4, 0.5) is 0 Å². The Labute approximate surface area is 149 Å². The number of amides is 1. The average molecular weight is 366 g/mol. The highest BCUT2D eigenvalue weighted by Crippen LogP contribution is 2.26. The zero-order valence-corrected chi connectivity index (χ0v) is 15.6. The summed E-state index contributed by atoms with van der Waals surface area (Å²) in [4.78, 5) is 14.9. The zero-order chi connectivity index (χ0) is 18.2. The molecule has 7 heteroatoms. The van der Waals surface area contributed by atoms with Crippen molar-refractivity contribution in [1.29, 1.82) is 0 Å². The number of aliphatic hydroxyl groups excluding tert-OH is 1. The number of benzene rings is 1. The summed E-state index contributed by atoms with van der Waals surface area (Å²) in [6.07, 6.45) is 3.77. The molecule has 1 saturated carbocycles. The molecule has 2 aliphatic rings. The van der Waals surface area contributed by atoms with E-state index >= 15 is 0 Å². The Bertz CT molecular complexity index is 756. The lowest BCUT2D eigenvalue weighted by Crippen LogP contribution is -2.49. The van der Waals surface area contributed by atoms with Crippen LogP contribution in [0.3, 0.4) is 0 Å². The van der Waals surface area contributed by atoms with E-state index in [2.05, 4.69) is 4.72 Å². The number of hydrogen-bond acceptors (Lipinski definition) is 4. The van der Waals surface area contributed by atoms with Crippen molar-refractivity contribution in [3.8, 4) is 0 Å². The summed E-state index contributed by atoms with van der Waals surface area (Å²) in [5.74, 6) is -0.202. The molecule has 3 rings (SSSR count). The van der Waals surface area contributed by atoms with E-state index in [1.165, 1.54) is 6.07 Å². The van der Waals surface area contributed by atoms with Gasteiger partial charge in [0, 0.05) is 18.2 Å². The predicted molar refractivity (Wildman–Crippen MR) is 94.9 cm³/mol. The standard InChI is InChI=1S/C18H26N2O4S/c1-12-6-9-15(25(23,24)19-14-7-8-14)11-16(12)18(22)20-10-4-3-5-17(20)13(2)21/h6,9,11,13-14,17,19,21H,3-5,7-8,10H2,1-2H3/t13-,17+/m0/s1. The number of carbonyl (C=O) groups excluding carboxylic acids is 1. The number of piperidine rings is 1. The van der Waals surface area contributed by atoms with Crippen LogP contribution < -0.4 is 4.72 Å². The van der Waals surface area contributed by atoms with Gasteiger partial charge in [-0.05, 0) is 63.6 Å². The Hall–Kier alpha value is -1.44. The number of carbonyl (C=O) groups is 1. The number of rotatable bonds is 5. The van der Waals surface area contributed by atoms with Gasteiger partial charge >= 0.3 is 0 Å². The first-order valence-corrected chi connectivity index (χ1v) is 10.4. The summed E-state index contributed by atoms with van der Waals surface area (Å²) in [5.41, 5.74) is 1.14. The Balaban J connectivity index is 1.90. The van der Waals surface area contributed by atoms with E-state index in [4.69, 9.17) is 0 Å². The number of sulfonamides is 1. The van der Waals surface area contributed by atoms with Crippen molar-refractivity contribution < 1.29 is 18.3 Å². The average Bonchev–Trinajstić information content (AvgIpc) is 3.37. The van der Waals surface area contributed by atoms with Crippen LogP contribution in [0.2, 0.25) is 0 Å². The Kier molecular flexibility index (Phi) is 5.18. The van der Waals surface area contributed by atoms with Crippen molar-refractivity contribution in [3.05, 3.63) is 29.3 Å². The maximum atomic E-state index is 13.0. The lowest BCUT2D eigenvalue weighted by molar-refractivity contribution is 0.0280. The first-order valence-electron chi connectivity index (χ1n) is 8.91. The van der Waals surface area contributed by atoms with Crippen LogP contribution in [0.5, 0.6) is 0 Å². The predicted octanol–water partition coefficient (Wildman–Crippen LogP) is 1.81. The van der Waals surface area contributed by atoms with E-state index < -0.39 is 16.1 Å². The second-order valence-electron chi connectivity index (χ2n) is 7.17. The van der Waals surface area contributed by atoms with E-state index in [0.717, 1.165) is 37.7 Å². The third-order valence-corrected chi connectivity index (χ3v) is 6.53. The lowest BCUT2D eigenvalue weighted by Gasteiger charge is -2.37. The van der Waals surface area contributed by atoms with Crippen molar-refractivity contribution in [2.75, 3.05) is 6.54 Å². The molecular weight excluding hydrogens is 340 g/mol. The number of aliphatic hydroxyl groups is 1. The number of nitrogens with zero attached hydrogens (tertiary/aromatic N) is 1. The molecule has 2 atom stereocenters. The molecule has 1 heterocycles. The highest BCUT2D eigenvalue weighted by molar-refractivity contribution is 7.89. The summed E-state index contributed by atoms with van der Waals surface area (Å²) in [5, 5.41) is 10.0. The minimum Gasteiger partial charge on any atom is -0.391 e. The van der Waals surface area contributed by atoms with Gasteiger partial charge in [0.2, 0.25) is 10.0 Å². The normalized spacial score (nSPS) is 22.7. The molecule has 1 aromatic carbocycles. The third kappa shape index (κ3) is 4.04. The van der Waals surface area contributed by atoms with Crippen molar-refractivity contribution in [2.45, 2.75) is 69.0 Å². The van der Waals surface area contributed by atoms with Gasteiger partial charge in [-0.2, -0.15) is 0 Å². The SMILES string of the molecule is Cc1ccc(S(=O)(=O)NC2CC2)cc1C(=O)N1CCCC[C@@H]1[C@H](C)O. The first kappa shape index (κ1) is 18.4. The van der Waals surface area contributed by atoms with Gasteiger partial charge in [0.05, 0.1) is 17.0 Å². The number of aryl methyl sites for hydroxylation is 1. The van der Waals surface area contributed by atoms with Gasteiger partial charge in [-0.3, -0.25) is 4.79 Å². The molecule has 2 fully saturated rings. The van der Waals surface area contributed by atoms with Crippen LogP contribution in [0.15, 0.2) is 23.1 Å². The topological polar surface area (TPSA) is 86.7 Å². The van der Waals surface area contributed by atoms with Gasteiger partial charge in [-0.15, -0.1) is 0 Å². The maximum absolute atomic E-state index is 13.0. The third-order valence-electron chi connectivity index (χ3n) is 5.02. The molecular formula is C18H26N2O4S. The first-order chi connectivity index (χ1) is 11.8. The van der Waals surface area contributed by atoms with Crippen LogP contribution >= 0.6 is 0 Å². The molecule has 0 unspecified atom stereocenters. The highest BCUT2D eigenvalue weighted by Gasteiger charge is 2.32. The summed E-state index contributed by atoms with van der Waals surface area (Å²) in [6.45, 7) is 4.09. The van der Waals surface area contributed by atoms with Gasteiger partial charge in [-0.25, -0.2) is 13.1 Å². The maximum Gasteiger partial charge on any atom is 0.254 e. The van der Waals surface area contributed by atoms with Crippen molar-refractivity contribution >= 4 is 15.9 Å². The lowest BCUT2D eigenvalue weighted by atomic mass is 9.96. The van der Waals surface area contributed by atoms with E-state index in [-0.39, 0.29) is 22.9 Å². The number of hydrogen-bond donors (Lipinski definition) is 2. The highest BCUT2D eigenvalue weighted by atomic mass is 32.2. The quantitative estimate of drug-likeness (QED) is 0.832. The molecule has 1 aliphatic heterocycles. The molecule has 1 aromatic rings. The number of nitrogens with one attached hydrogen (secondary N) is 1. The molecule has 138 valence electrons. The summed E-state index contributed by atoms with van der Waals surface area (Å²) >= 11 is 0. The molecule has 0 bridgehead atoms. The smallest absolute Gasteiger partial charge is 0.254 e. The fraction of sp³-hybridized carbons (Fsp3) is 0.611. The number of likely N-dealkylation sites (tertiary alicyclic amines) is 1. The van der Waals surface area contributed by atoms with E-state index in [9.17, 15) is 18.3 Å². The van der Waals surface area contributed by atoms with Crippen molar-refractivity contribution in [3.63, 3.8) is 0 Å². The fourth-order valence-corrected chi connectivity index (χ4v) is 4.68. The molecule has 0 aromatic heterocycles. The Morgan fingerprint density at radius 3 is 2.64 bits per heavy atom. The summed E-state index contributed by atoms with van der Waals surface area (Å²) in [6, 6.07) is 4.49. The molecule has 1 amide bonds. The molecule has 0 spiro atoms. The summed E-state index contributed by atoms with van der Waals surface area (Å²) < 4.78 is 27.5. The van der Waals surface area contributed by atoms with Crippen LogP contribution in [-0.4, -0.2) is 49.1 Å². The summed E-state index contributed by atoms with van der Waals surface area (Å²) in [7, 11) is -3.60. The molecule has 1 saturated heterocycles. The monoisotopic (exact) mass is 366 g/mol. The zero-order valence-electron chi connectivity index (χ0n) is 14.7. The largest absolute Gasteiger partial charge is 0.391 e. The van der Waals surface area contributed by atoms with Crippen molar-refractivity contribution in [1.82, 2.24) is 9.62 Å². The van der Waals surface area contributed by atoms with Gasteiger partial charge in [-0.1, -0.05) is 6.07 Å². The van der Waals surface area contributed by atoms with Gasteiger partial charge in [0.15, 0.2) is 0 Å². The Morgan fingerprint density at radius 1 is 1.28 bits per heavy atom. The van der Waals surface area contributed by atoms with Crippen LogP contribution in [0.1, 0.15) is 54.9 Å². The van der Waals surface area contributed by atoms with E-state index in [1.54, 1.807) is 30.9 Å². The molecule has 6 nitrogen and oxygen atoms in total. The fourth-order valence-electron chi connectivity index (χ4n) is 3.35. The van der Waals surface area contributed by atoms with Gasteiger partial charge in [0.1, 0.15) is 0 Å². The van der Waals surface area contributed by atoms with Crippen LogP contribution in [0, 0.1) is 6.92 Å². The minimum absolute atomic E-state index is 0.0205.